The van der Waals surface area contributed by atoms with Gasteiger partial charge in [-0.3, -0.25) is 9.89 Å². The van der Waals surface area contributed by atoms with E-state index >= 15 is 0 Å². The van der Waals surface area contributed by atoms with Gasteiger partial charge in [-0.1, -0.05) is 20.8 Å². The molecule has 1 amide bonds. The molecule has 5 heteroatoms. The highest BCUT2D eigenvalue weighted by Crippen LogP contribution is 2.27. The molecule has 0 atom stereocenters. The average molecular weight is 236 g/mol. The second kappa shape index (κ2) is 4.39. The fraction of sp³-hybridized carbons (Fsp3) is 0.667. The molecule has 5 nitrogen and oxygen atoms in total. The maximum atomic E-state index is 11.9. The number of H-pyrrole nitrogens is 1. The molecule has 1 aromatic heterocycles. The SMILES string of the molecule is CC1CC(NC(=O)c2n[nH]c(C(C)C)c2N)C1. The summed E-state index contributed by atoms with van der Waals surface area (Å²) < 4.78 is 0. The van der Waals surface area contributed by atoms with Gasteiger partial charge in [-0.25, -0.2) is 0 Å². The average Bonchev–Trinajstić information content (AvgIpc) is 2.57. The lowest BCUT2D eigenvalue weighted by Gasteiger charge is -2.32. The standard InChI is InChI=1S/C12H20N4O/c1-6(2)10-9(13)11(16-15-10)12(17)14-8-4-7(3)5-8/h6-8H,4-5,13H2,1-3H3,(H,14,17)(H,15,16). The van der Waals surface area contributed by atoms with Crippen molar-refractivity contribution in [3.05, 3.63) is 11.4 Å². The molecule has 4 N–H and O–H groups in total. The molecule has 0 spiro atoms. The van der Waals surface area contributed by atoms with Gasteiger partial charge in [0.2, 0.25) is 0 Å². The second-order valence-electron chi connectivity index (χ2n) is 5.30. The third kappa shape index (κ3) is 2.28. The first-order valence-corrected chi connectivity index (χ1v) is 6.13. The van der Waals surface area contributed by atoms with Gasteiger partial charge in [0, 0.05) is 6.04 Å². The maximum absolute atomic E-state index is 11.9. The highest BCUT2D eigenvalue weighted by atomic mass is 16.2. The van der Waals surface area contributed by atoms with Crippen LogP contribution in [0.15, 0.2) is 0 Å². The van der Waals surface area contributed by atoms with E-state index in [1.54, 1.807) is 0 Å². The van der Waals surface area contributed by atoms with Crippen LogP contribution < -0.4 is 11.1 Å². The van der Waals surface area contributed by atoms with E-state index in [0.29, 0.717) is 17.3 Å². The summed E-state index contributed by atoms with van der Waals surface area (Å²) in [5, 5.41) is 9.80. The third-order valence-corrected chi connectivity index (χ3v) is 3.33. The van der Waals surface area contributed by atoms with Gasteiger partial charge in [-0.15, -0.1) is 0 Å². The lowest BCUT2D eigenvalue weighted by atomic mass is 9.82. The summed E-state index contributed by atoms with van der Waals surface area (Å²) in [7, 11) is 0. The zero-order chi connectivity index (χ0) is 12.6. The van der Waals surface area contributed by atoms with Crippen LogP contribution in [0, 0.1) is 5.92 Å². The zero-order valence-corrected chi connectivity index (χ0v) is 10.6. The van der Waals surface area contributed by atoms with Crippen molar-refractivity contribution >= 4 is 11.6 Å². The number of carbonyl (C=O) groups is 1. The molecule has 1 aliphatic carbocycles. The van der Waals surface area contributed by atoms with Crippen LogP contribution in [-0.2, 0) is 0 Å². The molecule has 0 bridgehead atoms. The molecule has 1 aliphatic rings. The number of hydrogen-bond acceptors (Lipinski definition) is 3. The van der Waals surface area contributed by atoms with Crippen molar-refractivity contribution in [2.24, 2.45) is 5.92 Å². The molecule has 1 saturated carbocycles. The van der Waals surface area contributed by atoms with Crippen molar-refractivity contribution in [1.29, 1.82) is 0 Å². The number of hydrogen-bond donors (Lipinski definition) is 3. The predicted molar refractivity (Wildman–Crippen MR) is 66.7 cm³/mol. The summed E-state index contributed by atoms with van der Waals surface area (Å²) >= 11 is 0. The van der Waals surface area contributed by atoms with E-state index in [2.05, 4.69) is 22.4 Å². The number of rotatable bonds is 3. The minimum Gasteiger partial charge on any atom is -0.395 e. The van der Waals surface area contributed by atoms with Gasteiger partial charge in [0.15, 0.2) is 5.69 Å². The molecule has 1 heterocycles. The van der Waals surface area contributed by atoms with Gasteiger partial charge in [0.25, 0.3) is 5.91 Å². The Morgan fingerprint density at radius 3 is 2.65 bits per heavy atom. The predicted octanol–water partition coefficient (Wildman–Crippen LogP) is 1.64. The largest absolute Gasteiger partial charge is 0.395 e. The Hall–Kier alpha value is -1.52. The molecule has 0 aromatic carbocycles. The van der Waals surface area contributed by atoms with Crippen molar-refractivity contribution in [2.75, 3.05) is 5.73 Å². The van der Waals surface area contributed by atoms with Gasteiger partial charge in [0.1, 0.15) is 0 Å². The zero-order valence-electron chi connectivity index (χ0n) is 10.6. The van der Waals surface area contributed by atoms with E-state index < -0.39 is 0 Å². The van der Waals surface area contributed by atoms with Gasteiger partial charge >= 0.3 is 0 Å². The van der Waals surface area contributed by atoms with Gasteiger partial charge in [0.05, 0.1) is 11.4 Å². The molecular weight excluding hydrogens is 216 g/mol. The Labute approximate surface area is 101 Å². The number of anilines is 1. The smallest absolute Gasteiger partial charge is 0.274 e. The number of carbonyl (C=O) groups excluding carboxylic acids is 1. The van der Waals surface area contributed by atoms with Crippen molar-refractivity contribution in [3.8, 4) is 0 Å². The maximum Gasteiger partial charge on any atom is 0.274 e. The van der Waals surface area contributed by atoms with E-state index in [9.17, 15) is 4.79 Å². The summed E-state index contributed by atoms with van der Waals surface area (Å²) in [4.78, 5) is 11.9. The van der Waals surface area contributed by atoms with Crippen molar-refractivity contribution in [1.82, 2.24) is 15.5 Å². The fourth-order valence-electron chi connectivity index (χ4n) is 2.25. The number of nitrogens with one attached hydrogen (secondary N) is 2. The second-order valence-corrected chi connectivity index (χ2v) is 5.30. The summed E-state index contributed by atoms with van der Waals surface area (Å²) in [6.07, 6.45) is 2.10. The van der Waals surface area contributed by atoms with Crippen LogP contribution in [0.1, 0.15) is 55.7 Å². The highest BCUT2D eigenvalue weighted by Gasteiger charge is 2.28. The van der Waals surface area contributed by atoms with Gasteiger partial charge in [-0.2, -0.15) is 5.10 Å². The van der Waals surface area contributed by atoms with Crippen LogP contribution in [0.5, 0.6) is 0 Å². The van der Waals surface area contributed by atoms with E-state index in [0.717, 1.165) is 18.5 Å². The Balaban J connectivity index is 2.04. The first-order valence-electron chi connectivity index (χ1n) is 6.13. The molecular formula is C12H20N4O. The van der Waals surface area contributed by atoms with Crippen LogP contribution >= 0.6 is 0 Å². The van der Waals surface area contributed by atoms with Crippen LogP contribution in [0.2, 0.25) is 0 Å². The first kappa shape index (κ1) is 12.0. The Morgan fingerprint density at radius 1 is 1.53 bits per heavy atom. The summed E-state index contributed by atoms with van der Waals surface area (Å²) in [6.45, 7) is 6.21. The summed E-state index contributed by atoms with van der Waals surface area (Å²) in [6, 6.07) is 0.288. The third-order valence-electron chi connectivity index (χ3n) is 3.33. The topological polar surface area (TPSA) is 83.8 Å². The van der Waals surface area contributed by atoms with E-state index in [-0.39, 0.29) is 17.9 Å². The quantitative estimate of drug-likeness (QED) is 0.746. The van der Waals surface area contributed by atoms with Crippen LogP contribution in [0.4, 0.5) is 5.69 Å². The molecule has 0 radical (unpaired) electrons. The Kier molecular flexibility index (Phi) is 3.09. The fourth-order valence-corrected chi connectivity index (χ4v) is 2.25. The molecule has 1 aromatic rings. The summed E-state index contributed by atoms with van der Waals surface area (Å²) in [5.74, 6) is 0.790. The molecule has 0 unspecified atom stereocenters. The number of nitrogens with two attached hydrogens (primary N) is 1. The lowest BCUT2D eigenvalue weighted by molar-refractivity contribution is 0.0892. The van der Waals surface area contributed by atoms with E-state index in [4.69, 9.17) is 5.73 Å². The van der Waals surface area contributed by atoms with Crippen molar-refractivity contribution < 1.29 is 4.79 Å². The van der Waals surface area contributed by atoms with Crippen LogP contribution in [-0.4, -0.2) is 22.1 Å². The molecule has 17 heavy (non-hydrogen) atoms. The minimum atomic E-state index is -0.164. The van der Waals surface area contributed by atoms with Gasteiger partial charge < -0.3 is 11.1 Å². The molecule has 2 rings (SSSR count). The van der Waals surface area contributed by atoms with Gasteiger partial charge in [-0.05, 0) is 24.7 Å². The highest BCUT2D eigenvalue weighted by molar-refractivity contribution is 5.97. The Morgan fingerprint density at radius 2 is 2.18 bits per heavy atom. The van der Waals surface area contributed by atoms with E-state index in [1.807, 2.05) is 13.8 Å². The number of nitrogen functional groups attached to an aromatic ring is 1. The normalized spacial score (nSPS) is 23.5. The number of aromatic amines is 1. The van der Waals surface area contributed by atoms with Crippen LogP contribution in [0.3, 0.4) is 0 Å². The van der Waals surface area contributed by atoms with Crippen molar-refractivity contribution in [2.45, 2.75) is 45.6 Å². The minimum absolute atomic E-state index is 0.164. The molecule has 0 aliphatic heterocycles. The Bertz CT molecular complexity index is 418. The number of amides is 1. The van der Waals surface area contributed by atoms with Crippen molar-refractivity contribution in [3.63, 3.8) is 0 Å². The van der Waals surface area contributed by atoms with Crippen LogP contribution in [0.25, 0.3) is 0 Å². The number of aromatic nitrogens is 2. The lowest BCUT2D eigenvalue weighted by Crippen LogP contribution is -2.43. The van der Waals surface area contributed by atoms with E-state index in [1.165, 1.54) is 0 Å². The summed E-state index contributed by atoms with van der Waals surface area (Å²) in [5.41, 5.74) is 7.55. The molecule has 1 fully saturated rings. The monoisotopic (exact) mass is 236 g/mol. The first-order chi connectivity index (χ1) is 7.99. The molecule has 0 saturated heterocycles. The number of nitrogens with zero attached hydrogens (tertiary/aromatic N) is 1. The molecule has 94 valence electrons.